The average Bonchev–Trinajstić information content (AvgIpc) is 3.24. The van der Waals surface area contributed by atoms with Gasteiger partial charge >= 0.3 is 0 Å². The van der Waals surface area contributed by atoms with Gasteiger partial charge in [0.1, 0.15) is 10.6 Å². The second kappa shape index (κ2) is 7.26. The van der Waals surface area contributed by atoms with E-state index in [0.29, 0.717) is 16.1 Å². The third-order valence-corrected chi connectivity index (χ3v) is 5.99. The highest BCUT2D eigenvalue weighted by Crippen LogP contribution is 2.40. The first-order valence-electron chi connectivity index (χ1n) is 8.43. The third-order valence-electron chi connectivity index (χ3n) is 4.34. The number of carbonyl (C=O) groups is 2. The van der Waals surface area contributed by atoms with Crippen LogP contribution in [0.15, 0.2) is 63.5 Å². The van der Waals surface area contributed by atoms with Gasteiger partial charge in [0.25, 0.3) is 11.8 Å². The summed E-state index contributed by atoms with van der Waals surface area (Å²) in [6.45, 7) is 1.90. The molecule has 0 spiro atoms. The molecule has 0 saturated carbocycles. The molecular formula is C21H15BrN2O3S. The number of halogens is 1. The molecule has 0 atom stereocenters. The first-order valence-corrected chi connectivity index (χ1v) is 10.0. The Morgan fingerprint density at radius 3 is 2.54 bits per heavy atom. The highest BCUT2D eigenvalue weighted by atomic mass is 79.9. The van der Waals surface area contributed by atoms with Crippen molar-refractivity contribution in [1.82, 2.24) is 0 Å². The van der Waals surface area contributed by atoms with Gasteiger partial charge in [0.05, 0.1) is 10.0 Å². The topological polar surface area (TPSA) is 85.3 Å². The minimum atomic E-state index is -0.592. The molecule has 7 heteroatoms. The Morgan fingerprint density at radius 1 is 1.11 bits per heavy atom. The largest absolute Gasteiger partial charge is 0.450 e. The maximum atomic E-state index is 12.8. The summed E-state index contributed by atoms with van der Waals surface area (Å²) in [6, 6.07) is 16.7. The number of aryl methyl sites for hydroxylation is 1. The summed E-state index contributed by atoms with van der Waals surface area (Å²) >= 11 is 4.72. The monoisotopic (exact) mass is 454 g/mol. The van der Waals surface area contributed by atoms with E-state index in [4.69, 9.17) is 10.2 Å². The summed E-state index contributed by atoms with van der Waals surface area (Å²) in [5.41, 5.74) is 8.16. The molecule has 5 nitrogen and oxygen atoms in total. The maximum absolute atomic E-state index is 12.8. The van der Waals surface area contributed by atoms with E-state index in [0.717, 1.165) is 25.9 Å². The Kier molecular flexibility index (Phi) is 4.78. The highest BCUT2D eigenvalue weighted by Gasteiger charge is 2.24. The van der Waals surface area contributed by atoms with Crippen LogP contribution in [0.5, 0.6) is 0 Å². The molecule has 2 aromatic carbocycles. The Balaban J connectivity index is 1.74. The van der Waals surface area contributed by atoms with Crippen LogP contribution in [0.1, 0.15) is 25.8 Å². The lowest BCUT2D eigenvalue weighted by Crippen LogP contribution is -2.17. The molecule has 2 aromatic heterocycles. The Bertz CT molecular complexity index is 1210. The molecule has 2 heterocycles. The predicted octanol–water partition coefficient (Wildman–Crippen LogP) is 5.58. The molecule has 140 valence electrons. The summed E-state index contributed by atoms with van der Waals surface area (Å²) in [5.74, 6) is -0.873. The highest BCUT2D eigenvalue weighted by molar-refractivity contribution is 9.10. The second-order valence-corrected chi connectivity index (χ2v) is 8.27. The zero-order chi connectivity index (χ0) is 19.8. The lowest BCUT2D eigenvalue weighted by molar-refractivity contribution is 0.0999. The minimum Gasteiger partial charge on any atom is -0.450 e. The van der Waals surface area contributed by atoms with Crippen LogP contribution in [0.4, 0.5) is 5.00 Å². The third kappa shape index (κ3) is 3.23. The van der Waals surface area contributed by atoms with E-state index in [1.807, 2.05) is 55.5 Å². The van der Waals surface area contributed by atoms with Gasteiger partial charge in [-0.2, -0.15) is 0 Å². The number of nitrogens with two attached hydrogens (primary N) is 1. The summed E-state index contributed by atoms with van der Waals surface area (Å²) < 4.78 is 6.45. The van der Waals surface area contributed by atoms with Crippen LogP contribution in [-0.4, -0.2) is 11.8 Å². The van der Waals surface area contributed by atoms with Crippen LogP contribution in [0.2, 0.25) is 0 Å². The van der Waals surface area contributed by atoms with Gasteiger partial charge in [-0.3, -0.25) is 9.59 Å². The molecule has 0 aliphatic heterocycles. The fraction of sp³-hybridized carbons (Fsp3) is 0.0476. The van der Waals surface area contributed by atoms with Crippen LogP contribution >= 0.6 is 27.3 Å². The molecule has 0 unspecified atom stereocenters. The molecule has 0 aliphatic carbocycles. The number of nitrogens with one attached hydrogen (secondary N) is 1. The second-order valence-electron chi connectivity index (χ2n) is 6.19. The van der Waals surface area contributed by atoms with Crippen molar-refractivity contribution in [3.8, 4) is 11.1 Å². The molecule has 4 rings (SSSR count). The number of benzene rings is 2. The van der Waals surface area contributed by atoms with Crippen molar-refractivity contribution in [2.24, 2.45) is 5.73 Å². The van der Waals surface area contributed by atoms with Crippen LogP contribution in [0.3, 0.4) is 0 Å². The zero-order valence-corrected chi connectivity index (χ0v) is 17.2. The SMILES string of the molecule is Cc1sc(NC(=O)c2cc3cccc(Br)c3o2)c(C(N)=O)c1-c1ccccc1. The fourth-order valence-corrected chi connectivity index (χ4v) is 4.66. The van der Waals surface area contributed by atoms with E-state index >= 15 is 0 Å². The number of para-hydroxylation sites is 1. The average molecular weight is 455 g/mol. The van der Waals surface area contributed by atoms with E-state index in [1.54, 1.807) is 6.07 Å². The van der Waals surface area contributed by atoms with Crippen LogP contribution in [0, 0.1) is 6.92 Å². The van der Waals surface area contributed by atoms with Gasteiger partial charge < -0.3 is 15.5 Å². The number of amides is 2. The van der Waals surface area contributed by atoms with Crippen molar-refractivity contribution >= 4 is 55.1 Å². The summed E-state index contributed by atoms with van der Waals surface area (Å²) in [4.78, 5) is 25.8. The number of primary amides is 1. The molecule has 0 fully saturated rings. The number of thiophene rings is 1. The lowest BCUT2D eigenvalue weighted by Gasteiger charge is -2.06. The molecule has 2 amide bonds. The Labute approximate surface area is 173 Å². The first-order chi connectivity index (χ1) is 13.5. The molecule has 3 N–H and O–H groups in total. The minimum absolute atomic E-state index is 0.157. The number of furan rings is 1. The smallest absolute Gasteiger partial charge is 0.292 e. The maximum Gasteiger partial charge on any atom is 0.292 e. The molecular weight excluding hydrogens is 440 g/mol. The number of fused-ring (bicyclic) bond motifs is 1. The van der Waals surface area contributed by atoms with E-state index in [1.165, 1.54) is 11.3 Å². The van der Waals surface area contributed by atoms with Gasteiger partial charge in [0.2, 0.25) is 0 Å². The van der Waals surface area contributed by atoms with Crippen molar-refractivity contribution in [3.05, 3.63) is 75.3 Å². The van der Waals surface area contributed by atoms with Crippen molar-refractivity contribution in [2.75, 3.05) is 5.32 Å². The Morgan fingerprint density at radius 2 is 1.86 bits per heavy atom. The molecule has 0 saturated heterocycles. The first kappa shape index (κ1) is 18.5. The number of hydrogen-bond donors (Lipinski definition) is 2. The predicted molar refractivity (Wildman–Crippen MR) is 115 cm³/mol. The fourth-order valence-electron chi connectivity index (χ4n) is 3.12. The van der Waals surface area contributed by atoms with Crippen LogP contribution < -0.4 is 11.1 Å². The number of hydrogen-bond acceptors (Lipinski definition) is 4. The molecule has 0 radical (unpaired) electrons. The standard InChI is InChI=1S/C21H15BrN2O3S/c1-11-16(12-6-3-2-4-7-12)17(19(23)25)21(28-11)24-20(26)15-10-13-8-5-9-14(22)18(13)27-15/h2-10H,1H3,(H2,23,25)(H,24,26). The van der Waals surface area contributed by atoms with E-state index in [9.17, 15) is 9.59 Å². The number of rotatable bonds is 4. The van der Waals surface area contributed by atoms with Gasteiger partial charge in [-0.15, -0.1) is 11.3 Å². The van der Waals surface area contributed by atoms with E-state index in [-0.39, 0.29) is 5.76 Å². The van der Waals surface area contributed by atoms with Gasteiger partial charge in [-0.1, -0.05) is 42.5 Å². The lowest BCUT2D eigenvalue weighted by atomic mass is 10.0. The van der Waals surface area contributed by atoms with Crippen LogP contribution in [-0.2, 0) is 0 Å². The van der Waals surface area contributed by atoms with Crippen molar-refractivity contribution < 1.29 is 14.0 Å². The normalized spacial score (nSPS) is 10.9. The summed E-state index contributed by atoms with van der Waals surface area (Å²) in [7, 11) is 0. The summed E-state index contributed by atoms with van der Waals surface area (Å²) in [5, 5.41) is 4.01. The Hall–Kier alpha value is -2.90. The van der Waals surface area contributed by atoms with E-state index < -0.39 is 11.8 Å². The molecule has 0 bridgehead atoms. The van der Waals surface area contributed by atoms with Crippen LogP contribution in [0.25, 0.3) is 22.1 Å². The van der Waals surface area contributed by atoms with Gasteiger partial charge in [-0.25, -0.2) is 0 Å². The summed E-state index contributed by atoms with van der Waals surface area (Å²) in [6.07, 6.45) is 0. The molecule has 28 heavy (non-hydrogen) atoms. The van der Waals surface area contributed by atoms with Gasteiger partial charge in [0, 0.05) is 15.8 Å². The van der Waals surface area contributed by atoms with Crippen molar-refractivity contribution in [2.45, 2.75) is 6.92 Å². The van der Waals surface area contributed by atoms with Crippen molar-refractivity contribution in [3.63, 3.8) is 0 Å². The number of carbonyl (C=O) groups excluding carboxylic acids is 2. The van der Waals surface area contributed by atoms with Gasteiger partial charge in [0.15, 0.2) is 5.76 Å². The van der Waals surface area contributed by atoms with E-state index in [2.05, 4.69) is 21.2 Å². The zero-order valence-electron chi connectivity index (χ0n) is 14.8. The van der Waals surface area contributed by atoms with Gasteiger partial charge in [-0.05, 0) is 40.5 Å². The molecule has 4 aromatic rings. The van der Waals surface area contributed by atoms with Crippen molar-refractivity contribution in [1.29, 1.82) is 0 Å². The number of anilines is 1. The molecule has 0 aliphatic rings. The quantitative estimate of drug-likeness (QED) is 0.421.